The van der Waals surface area contributed by atoms with Crippen LogP contribution < -0.4 is 10.9 Å². The van der Waals surface area contributed by atoms with Crippen LogP contribution in [-0.2, 0) is 10.0 Å². The summed E-state index contributed by atoms with van der Waals surface area (Å²) in [6, 6.07) is 3.39. The van der Waals surface area contributed by atoms with E-state index in [0.29, 0.717) is 25.9 Å². The fourth-order valence-electron chi connectivity index (χ4n) is 2.78. The Hall–Kier alpha value is -2.37. The first-order chi connectivity index (χ1) is 13.6. The Morgan fingerprint density at radius 2 is 1.59 bits per heavy atom. The average molecular weight is 452 g/mol. The van der Waals surface area contributed by atoms with E-state index in [1.54, 1.807) is 5.43 Å². The van der Waals surface area contributed by atoms with E-state index in [1.807, 2.05) is 5.43 Å². The van der Waals surface area contributed by atoms with Crippen LogP contribution in [-0.4, -0.2) is 31.7 Å². The quantitative estimate of drug-likeness (QED) is 0.415. The molecular weight excluding hydrogens is 438 g/mol. The summed E-state index contributed by atoms with van der Waals surface area (Å²) in [5, 5.41) is -0.106. The van der Waals surface area contributed by atoms with Gasteiger partial charge in [0.05, 0.1) is 5.02 Å². The Kier molecular flexibility index (Phi) is 6.01. The number of sulfonamides is 1. The topological polar surface area (TPSA) is 78.5 Å². The number of amides is 1. The standard InChI is InChI=1S/C17H14ClF4N3O3S/c18-10-4-3-9(7-13(10)29(27,28)25-5-1-2-6-25)17(26)24-23-16-14(21)11(19)8-12(20)15(16)22/h3-4,7-8,23H,1-2,5-6H2,(H,24,26). The van der Waals surface area contributed by atoms with E-state index in [2.05, 4.69) is 0 Å². The van der Waals surface area contributed by atoms with Crippen LogP contribution in [0.25, 0.3) is 0 Å². The molecule has 6 nitrogen and oxygen atoms in total. The van der Waals surface area contributed by atoms with Crippen molar-refractivity contribution in [2.45, 2.75) is 17.7 Å². The summed E-state index contributed by atoms with van der Waals surface area (Å²) in [5.74, 6) is -7.81. The molecule has 0 atom stereocenters. The van der Waals surface area contributed by atoms with Gasteiger partial charge in [-0.2, -0.15) is 4.31 Å². The van der Waals surface area contributed by atoms with Gasteiger partial charge in [-0.1, -0.05) is 11.6 Å². The Morgan fingerprint density at radius 1 is 1.00 bits per heavy atom. The monoisotopic (exact) mass is 451 g/mol. The number of rotatable bonds is 5. The molecule has 0 aliphatic carbocycles. The molecule has 0 unspecified atom stereocenters. The normalized spacial score (nSPS) is 14.8. The number of halogens is 5. The lowest BCUT2D eigenvalue weighted by Crippen LogP contribution is -2.31. The Labute approximate surface area is 168 Å². The number of hydrogen-bond donors (Lipinski definition) is 2. The molecule has 3 rings (SSSR count). The second kappa shape index (κ2) is 8.17. The van der Waals surface area contributed by atoms with Crippen LogP contribution in [0.4, 0.5) is 23.2 Å². The second-order valence-corrected chi connectivity index (χ2v) is 8.49. The van der Waals surface area contributed by atoms with Crippen molar-refractivity contribution < 1.29 is 30.8 Å². The SMILES string of the molecule is O=C(NNc1c(F)c(F)cc(F)c1F)c1ccc(Cl)c(S(=O)(=O)N2CCCC2)c1. The van der Waals surface area contributed by atoms with E-state index in [-0.39, 0.29) is 21.5 Å². The van der Waals surface area contributed by atoms with Gasteiger partial charge in [-0.15, -0.1) is 0 Å². The van der Waals surface area contributed by atoms with Crippen LogP contribution in [0, 0.1) is 23.3 Å². The zero-order valence-electron chi connectivity index (χ0n) is 14.6. The minimum absolute atomic E-state index is 0.0202. The van der Waals surface area contributed by atoms with Gasteiger partial charge in [-0.25, -0.2) is 26.0 Å². The predicted octanol–water partition coefficient (Wildman–Crippen LogP) is 3.44. The lowest BCUT2D eigenvalue weighted by molar-refractivity contribution is 0.0962. The summed E-state index contributed by atoms with van der Waals surface area (Å²) in [6.07, 6.45) is 1.39. The van der Waals surface area contributed by atoms with Crippen LogP contribution in [0.3, 0.4) is 0 Å². The third-order valence-electron chi connectivity index (χ3n) is 4.29. The van der Waals surface area contributed by atoms with E-state index in [4.69, 9.17) is 11.6 Å². The molecule has 0 bridgehead atoms. The Bertz CT molecular complexity index is 1050. The highest BCUT2D eigenvalue weighted by molar-refractivity contribution is 7.89. The highest BCUT2D eigenvalue weighted by Crippen LogP contribution is 2.28. The van der Waals surface area contributed by atoms with E-state index in [9.17, 15) is 30.8 Å². The van der Waals surface area contributed by atoms with Crippen LogP contribution in [0.15, 0.2) is 29.2 Å². The third-order valence-corrected chi connectivity index (χ3v) is 6.67. The molecule has 1 amide bonds. The summed E-state index contributed by atoms with van der Waals surface area (Å²) >= 11 is 5.98. The maximum Gasteiger partial charge on any atom is 0.269 e. The maximum absolute atomic E-state index is 13.6. The van der Waals surface area contributed by atoms with E-state index < -0.39 is 44.9 Å². The van der Waals surface area contributed by atoms with Crippen molar-refractivity contribution in [2.24, 2.45) is 0 Å². The van der Waals surface area contributed by atoms with Gasteiger partial charge < -0.3 is 0 Å². The molecule has 0 aromatic heterocycles. The summed E-state index contributed by atoms with van der Waals surface area (Å²) in [4.78, 5) is 12.0. The van der Waals surface area contributed by atoms with Gasteiger partial charge in [0.1, 0.15) is 10.6 Å². The molecule has 2 aromatic carbocycles. The Morgan fingerprint density at radius 3 is 2.17 bits per heavy atom. The minimum atomic E-state index is -3.94. The van der Waals surface area contributed by atoms with Gasteiger partial charge in [0, 0.05) is 24.7 Å². The van der Waals surface area contributed by atoms with Gasteiger partial charge in [-0.05, 0) is 31.0 Å². The molecule has 2 aromatic rings. The highest BCUT2D eigenvalue weighted by atomic mass is 35.5. The minimum Gasteiger partial charge on any atom is -0.293 e. The fourth-order valence-corrected chi connectivity index (χ4v) is 4.80. The smallest absolute Gasteiger partial charge is 0.269 e. The molecule has 1 saturated heterocycles. The zero-order valence-corrected chi connectivity index (χ0v) is 16.2. The predicted molar refractivity (Wildman–Crippen MR) is 96.8 cm³/mol. The first-order valence-electron chi connectivity index (χ1n) is 8.32. The maximum atomic E-state index is 13.6. The summed E-state index contributed by atoms with van der Waals surface area (Å²) < 4.78 is 80.3. The van der Waals surface area contributed by atoms with Crippen molar-refractivity contribution >= 4 is 33.2 Å². The van der Waals surface area contributed by atoms with Gasteiger partial charge in [0.15, 0.2) is 23.3 Å². The highest BCUT2D eigenvalue weighted by Gasteiger charge is 2.30. The number of carbonyl (C=O) groups excluding carboxylic acids is 1. The summed E-state index contributed by atoms with van der Waals surface area (Å²) in [6.45, 7) is 0.640. The van der Waals surface area contributed by atoms with Crippen LogP contribution in [0.5, 0.6) is 0 Å². The van der Waals surface area contributed by atoms with Crippen molar-refractivity contribution in [1.29, 1.82) is 0 Å². The van der Waals surface area contributed by atoms with Crippen LogP contribution in [0.1, 0.15) is 23.2 Å². The third kappa shape index (κ3) is 4.16. The molecule has 29 heavy (non-hydrogen) atoms. The number of anilines is 1. The van der Waals surface area contributed by atoms with Crippen molar-refractivity contribution in [3.8, 4) is 0 Å². The first-order valence-corrected chi connectivity index (χ1v) is 10.1. The molecule has 1 aliphatic rings. The molecule has 0 spiro atoms. The number of benzene rings is 2. The van der Waals surface area contributed by atoms with E-state index in [0.717, 1.165) is 6.07 Å². The van der Waals surface area contributed by atoms with Gasteiger partial charge in [-0.3, -0.25) is 15.6 Å². The molecular formula is C17H14ClF4N3O3S. The number of nitrogens with one attached hydrogen (secondary N) is 2. The van der Waals surface area contributed by atoms with Crippen LogP contribution in [0.2, 0.25) is 5.02 Å². The van der Waals surface area contributed by atoms with Crippen molar-refractivity contribution in [3.05, 3.63) is 58.1 Å². The average Bonchev–Trinajstić information content (AvgIpc) is 3.22. The van der Waals surface area contributed by atoms with Crippen molar-refractivity contribution in [1.82, 2.24) is 9.73 Å². The number of carbonyl (C=O) groups is 1. The largest absolute Gasteiger partial charge is 0.293 e. The van der Waals surface area contributed by atoms with E-state index >= 15 is 0 Å². The van der Waals surface area contributed by atoms with Gasteiger partial charge in [0.2, 0.25) is 10.0 Å². The van der Waals surface area contributed by atoms with Gasteiger partial charge in [0.25, 0.3) is 5.91 Å². The van der Waals surface area contributed by atoms with E-state index in [1.165, 1.54) is 16.4 Å². The lowest BCUT2D eigenvalue weighted by atomic mass is 10.2. The molecule has 12 heteroatoms. The Balaban J connectivity index is 1.84. The van der Waals surface area contributed by atoms with Crippen LogP contribution >= 0.6 is 11.6 Å². The molecule has 1 fully saturated rings. The molecule has 0 saturated carbocycles. The second-order valence-electron chi connectivity index (χ2n) is 6.18. The summed E-state index contributed by atoms with van der Waals surface area (Å²) in [5.41, 5.74) is 2.18. The fraction of sp³-hybridized carbons (Fsp3) is 0.235. The zero-order chi connectivity index (χ0) is 21.3. The number of hydrazine groups is 1. The number of nitrogens with zero attached hydrogens (tertiary/aromatic N) is 1. The van der Waals surface area contributed by atoms with Crippen molar-refractivity contribution in [3.63, 3.8) is 0 Å². The molecule has 2 N–H and O–H groups in total. The first kappa shape index (κ1) is 21.3. The number of hydrogen-bond acceptors (Lipinski definition) is 4. The lowest BCUT2D eigenvalue weighted by Gasteiger charge is -2.17. The van der Waals surface area contributed by atoms with Gasteiger partial charge >= 0.3 is 0 Å². The molecule has 1 aliphatic heterocycles. The summed E-state index contributed by atoms with van der Waals surface area (Å²) in [7, 11) is -3.94. The molecule has 156 valence electrons. The molecule has 1 heterocycles. The van der Waals surface area contributed by atoms with Crippen molar-refractivity contribution in [2.75, 3.05) is 18.5 Å². The molecule has 0 radical (unpaired) electrons.